The summed E-state index contributed by atoms with van der Waals surface area (Å²) in [4.78, 5) is 14.5. The van der Waals surface area contributed by atoms with Gasteiger partial charge in [0, 0.05) is 6.07 Å². The van der Waals surface area contributed by atoms with Gasteiger partial charge in [-0.05, 0) is 15.9 Å². The molecule has 2 aromatic heterocycles. The van der Waals surface area contributed by atoms with Gasteiger partial charge in [0.1, 0.15) is 9.48 Å². The molecule has 0 radical (unpaired) electrons. The predicted molar refractivity (Wildman–Crippen MR) is 61.6 cm³/mol. The maximum atomic E-state index is 12.6. The van der Waals surface area contributed by atoms with Gasteiger partial charge in [-0.25, -0.2) is 9.38 Å². The van der Waals surface area contributed by atoms with Crippen LogP contribution in [-0.2, 0) is 12.1 Å². The highest BCUT2D eigenvalue weighted by molar-refractivity contribution is 9.10. The minimum atomic E-state index is -4.52. The summed E-state index contributed by atoms with van der Waals surface area (Å²) in [5, 5.41) is 0. The highest BCUT2D eigenvalue weighted by Crippen LogP contribution is 2.39. The molecule has 0 atom stereocenters. The Balaban J connectivity index is 2.83. The topological polar surface area (TPSA) is 34.4 Å². The first kappa shape index (κ1) is 12.8. The fourth-order valence-corrected chi connectivity index (χ4v) is 3.21. The van der Waals surface area contributed by atoms with E-state index in [0.29, 0.717) is 11.3 Å². The van der Waals surface area contributed by atoms with Gasteiger partial charge in [0.05, 0.1) is 11.6 Å². The van der Waals surface area contributed by atoms with Gasteiger partial charge >= 0.3 is 6.18 Å². The normalized spacial score (nSPS) is 12.3. The van der Waals surface area contributed by atoms with E-state index in [4.69, 9.17) is 11.6 Å². The molecule has 0 spiro atoms. The maximum Gasteiger partial charge on any atom is 0.428 e. The summed E-state index contributed by atoms with van der Waals surface area (Å²) >= 11 is 8.66. The van der Waals surface area contributed by atoms with Gasteiger partial charge in [-0.15, -0.1) is 11.6 Å². The lowest BCUT2D eigenvalue weighted by molar-refractivity contribution is -0.135. The molecule has 0 aromatic carbocycles. The number of thiazole rings is 1. The van der Waals surface area contributed by atoms with Crippen molar-refractivity contribution in [3.63, 3.8) is 0 Å². The number of fused-ring (bicyclic) bond motifs is 1. The molecule has 2 heterocycles. The van der Waals surface area contributed by atoms with Crippen molar-refractivity contribution in [1.29, 1.82) is 0 Å². The van der Waals surface area contributed by atoms with Gasteiger partial charge in [-0.2, -0.15) is 13.2 Å². The van der Waals surface area contributed by atoms with Crippen LogP contribution in [0.2, 0.25) is 0 Å². The van der Waals surface area contributed by atoms with Crippen molar-refractivity contribution in [3.8, 4) is 0 Å². The number of rotatable bonds is 1. The Bertz CT molecular complexity index is 636. The second-order valence-electron chi connectivity index (χ2n) is 3.06. The lowest BCUT2D eigenvalue weighted by atomic mass is 10.4. The first-order valence-corrected chi connectivity index (χ1v) is 6.33. The Hall–Kier alpha value is -0.600. The molecule has 0 aliphatic carbocycles. The molecule has 17 heavy (non-hydrogen) atoms. The molecule has 2 aromatic rings. The Morgan fingerprint density at radius 2 is 2.18 bits per heavy atom. The summed E-state index contributed by atoms with van der Waals surface area (Å²) in [5.74, 6) is -0.0252. The highest BCUT2D eigenvalue weighted by atomic mass is 79.9. The molecule has 0 N–H and O–H groups in total. The van der Waals surface area contributed by atoms with E-state index in [9.17, 15) is 18.0 Å². The minimum Gasteiger partial charge on any atom is -0.269 e. The molecule has 9 heteroatoms. The summed E-state index contributed by atoms with van der Waals surface area (Å²) in [7, 11) is 0. The Kier molecular flexibility index (Phi) is 3.21. The first-order valence-electron chi connectivity index (χ1n) is 4.18. The fraction of sp³-hybridized carbons (Fsp3) is 0.250. The molecule has 92 valence electrons. The molecule has 0 aliphatic rings. The summed E-state index contributed by atoms with van der Waals surface area (Å²) in [6.07, 6.45) is -4.52. The van der Waals surface area contributed by atoms with Crippen LogP contribution in [0.15, 0.2) is 15.5 Å². The molecule has 2 rings (SSSR count). The van der Waals surface area contributed by atoms with Crippen LogP contribution in [0.4, 0.5) is 13.2 Å². The van der Waals surface area contributed by atoms with Crippen molar-refractivity contribution in [2.75, 3.05) is 0 Å². The van der Waals surface area contributed by atoms with Crippen LogP contribution in [0.1, 0.15) is 10.6 Å². The van der Waals surface area contributed by atoms with E-state index in [-0.39, 0.29) is 21.1 Å². The van der Waals surface area contributed by atoms with E-state index in [2.05, 4.69) is 20.9 Å². The van der Waals surface area contributed by atoms with E-state index in [0.717, 1.165) is 10.5 Å². The van der Waals surface area contributed by atoms with Crippen LogP contribution in [0.5, 0.6) is 0 Å². The summed E-state index contributed by atoms with van der Waals surface area (Å²) < 4.78 is 38.4. The van der Waals surface area contributed by atoms with Crippen molar-refractivity contribution in [2.45, 2.75) is 12.1 Å². The van der Waals surface area contributed by atoms with Gasteiger partial charge < -0.3 is 0 Å². The summed E-state index contributed by atoms with van der Waals surface area (Å²) in [6, 6.07) is 1.11. The zero-order valence-electron chi connectivity index (χ0n) is 7.89. The maximum absolute atomic E-state index is 12.6. The van der Waals surface area contributed by atoms with E-state index in [1.165, 1.54) is 0 Å². The van der Waals surface area contributed by atoms with Crippen molar-refractivity contribution in [3.05, 3.63) is 31.6 Å². The smallest absolute Gasteiger partial charge is 0.269 e. The molecule has 0 unspecified atom stereocenters. The second-order valence-corrected chi connectivity index (χ2v) is 5.05. The lowest BCUT2D eigenvalue weighted by Gasteiger charge is -2.01. The molecule has 0 amide bonds. The van der Waals surface area contributed by atoms with Crippen LogP contribution < -0.4 is 5.56 Å². The molecule has 0 saturated heterocycles. The van der Waals surface area contributed by atoms with E-state index >= 15 is 0 Å². The molecule has 0 aliphatic heterocycles. The summed E-state index contributed by atoms with van der Waals surface area (Å²) in [6.45, 7) is 0. The number of aromatic nitrogens is 2. The third-order valence-corrected chi connectivity index (χ3v) is 4.29. The van der Waals surface area contributed by atoms with E-state index in [1.54, 1.807) is 0 Å². The van der Waals surface area contributed by atoms with E-state index in [1.807, 2.05) is 0 Å². The average Bonchev–Trinajstić information content (AvgIpc) is 2.55. The largest absolute Gasteiger partial charge is 0.428 e. The van der Waals surface area contributed by atoms with Crippen molar-refractivity contribution in [1.82, 2.24) is 9.38 Å². The molecule has 0 fully saturated rings. The Labute approximate surface area is 110 Å². The first-order chi connectivity index (χ1) is 7.84. The Morgan fingerprint density at radius 1 is 1.53 bits per heavy atom. The van der Waals surface area contributed by atoms with Crippen LogP contribution in [0.3, 0.4) is 0 Å². The van der Waals surface area contributed by atoms with Crippen molar-refractivity contribution < 1.29 is 13.2 Å². The third-order valence-electron chi connectivity index (χ3n) is 1.91. The van der Waals surface area contributed by atoms with Crippen molar-refractivity contribution >= 4 is 43.8 Å². The molecular weight excluding hydrogens is 345 g/mol. The summed E-state index contributed by atoms with van der Waals surface area (Å²) in [5.41, 5.74) is -0.344. The van der Waals surface area contributed by atoms with Gasteiger partial charge in [0.25, 0.3) is 5.56 Å². The zero-order valence-corrected chi connectivity index (χ0v) is 11.0. The van der Waals surface area contributed by atoms with Gasteiger partial charge in [-0.3, -0.25) is 4.79 Å². The van der Waals surface area contributed by atoms with Crippen LogP contribution in [-0.4, -0.2) is 9.38 Å². The molecular formula is C8H3BrClF3N2OS. The fourth-order valence-electron chi connectivity index (χ4n) is 1.23. The standard InChI is InChI=1S/C8H3BrClF3N2OS/c9-6-5(8(11,12)13)17-7-14-3(2-10)1-4(16)15(6)7/h1H,2H2. The zero-order chi connectivity index (χ0) is 12.8. The van der Waals surface area contributed by atoms with Gasteiger partial charge in [-0.1, -0.05) is 11.3 Å². The van der Waals surface area contributed by atoms with E-state index < -0.39 is 16.6 Å². The lowest BCUT2D eigenvalue weighted by Crippen LogP contribution is -2.14. The van der Waals surface area contributed by atoms with Crippen LogP contribution >= 0.6 is 38.9 Å². The monoisotopic (exact) mass is 346 g/mol. The quantitative estimate of drug-likeness (QED) is 0.742. The van der Waals surface area contributed by atoms with Gasteiger partial charge in [0.2, 0.25) is 0 Å². The molecule has 0 bridgehead atoms. The second kappa shape index (κ2) is 4.25. The van der Waals surface area contributed by atoms with Crippen LogP contribution in [0.25, 0.3) is 4.96 Å². The number of hydrogen-bond acceptors (Lipinski definition) is 3. The third kappa shape index (κ3) is 2.21. The SMILES string of the molecule is O=c1cc(CCl)nc2sc(C(F)(F)F)c(Br)n12. The highest BCUT2D eigenvalue weighted by Gasteiger charge is 2.37. The molecule has 3 nitrogen and oxygen atoms in total. The average molecular weight is 348 g/mol. The number of nitrogens with zero attached hydrogens (tertiary/aromatic N) is 2. The minimum absolute atomic E-state index is 0.0252. The van der Waals surface area contributed by atoms with Gasteiger partial charge in [0.15, 0.2) is 4.96 Å². The number of halogens is 5. The number of hydrogen-bond donors (Lipinski definition) is 0. The molecule has 0 saturated carbocycles. The van der Waals surface area contributed by atoms with Crippen LogP contribution in [0, 0.1) is 0 Å². The number of alkyl halides is 4. The predicted octanol–water partition coefficient (Wildman–Crippen LogP) is 3.28. The Morgan fingerprint density at radius 3 is 2.71 bits per heavy atom. The van der Waals surface area contributed by atoms with Crippen molar-refractivity contribution in [2.24, 2.45) is 0 Å².